The normalized spacial score (nSPS) is 11.2. The van der Waals surface area contributed by atoms with E-state index in [1.165, 1.54) is 16.8 Å². The van der Waals surface area contributed by atoms with E-state index in [1.807, 2.05) is 21.1 Å². The quantitative estimate of drug-likeness (QED) is 0.724. The minimum absolute atomic E-state index is 1.01. The van der Waals surface area contributed by atoms with Gasteiger partial charge in [-0.05, 0) is 41.3 Å². The average molecular weight is 320 g/mol. The van der Waals surface area contributed by atoms with Crippen LogP contribution in [0.4, 0.5) is 5.69 Å². The number of anilines is 1. The van der Waals surface area contributed by atoms with E-state index < -0.39 is 0 Å². The Morgan fingerprint density at radius 3 is 2.33 bits per heavy atom. The molecule has 2 heteroatoms. The molecule has 1 N–H and O–H groups in total. The summed E-state index contributed by atoms with van der Waals surface area (Å²) in [6.07, 6.45) is 4.36. The number of aryl methyl sites for hydroxylation is 1. The molecule has 126 valence electrons. The van der Waals surface area contributed by atoms with E-state index in [1.54, 1.807) is 0 Å². The summed E-state index contributed by atoms with van der Waals surface area (Å²) >= 11 is 0. The summed E-state index contributed by atoms with van der Waals surface area (Å²) in [6.45, 7) is 6.47. The Balaban J connectivity index is 2.31. The van der Waals surface area contributed by atoms with Crippen LogP contribution in [0.2, 0.25) is 0 Å². The molecule has 0 aliphatic rings. The molecular weight excluding hydrogens is 292 g/mol. The zero-order chi connectivity index (χ0) is 17.5. The summed E-state index contributed by atoms with van der Waals surface area (Å²) in [5.41, 5.74) is 7.08. The minimum Gasteiger partial charge on any atom is -0.388 e. The second kappa shape index (κ2) is 8.39. The van der Waals surface area contributed by atoms with E-state index in [-0.39, 0.29) is 0 Å². The fourth-order valence-corrected chi connectivity index (χ4v) is 2.79. The van der Waals surface area contributed by atoms with Gasteiger partial charge in [0, 0.05) is 38.1 Å². The highest BCUT2D eigenvalue weighted by Crippen LogP contribution is 2.24. The summed E-state index contributed by atoms with van der Waals surface area (Å²) in [5.74, 6) is 0. The van der Waals surface area contributed by atoms with Crippen molar-refractivity contribution >= 4 is 17.0 Å². The van der Waals surface area contributed by atoms with Crippen molar-refractivity contribution in [2.75, 3.05) is 26.0 Å². The fraction of sp³-hybridized carbons (Fsp3) is 0.273. The van der Waals surface area contributed by atoms with E-state index in [0.717, 1.165) is 29.7 Å². The molecule has 0 saturated carbocycles. The monoisotopic (exact) mass is 320 g/mol. The van der Waals surface area contributed by atoms with Crippen molar-refractivity contribution in [2.24, 2.45) is 0 Å². The highest BCUT2D eigenvalue weighted by atomic mass is 15.1. The lowest BCUT2D eigenvalue weighted by Gasteiger charge is -2.15. The van der Waals surface area contributed by atoms with Crippen molar-refractivity contribution in [3.8, 4) is 0 Å². The summed E-state index contributed by atoms with van der Waals surface area (Å²) in [7, 11) is 6.07. The molecule has 0 heterocycles. The average Bonchev–Trinajstić information content (AvgIpc) is 2.60. The lowest BCUT2D eigenvalue weighted by atomic mass is 9.98. The second-order valence-electron chi connectivity index (χ2n) is 6.18. The number of benzene rings is 2. The molecule has 0 atom stereocenters. The van der Waals surface area contributed by atoms with E-state index in [4.69, 9.17) is 0 Å². The van der Waals surface area contributed by atoms with Crippen molar-refractivity contribution < 1.29 is 0 Å². The summed E-state index contributed by atoms with van der Waals surface area (Å²) in [6, 6.07) is 17.1. The Morgan fingerprint density at radius 1 is 1.08 bits per heavy atom. The van der Waals surface area contributed by atoms with Crippen LogP contribution in [0.25, 0.3) is 11.3 Å². The first-order chi connectivity index (χ1) is 11.6. The van der Waals surface area contributed by atoms with Gasteiger partial charge in [-0.1, -0.05) is 56.3 Å². The van der Waals surface area contributed by atoms with Crippen LogP contribution in [0, 0.1) is 0 Å². The molecule has 0 aliphatic carbocycles. The number of rotatable bonds is 7. The Morgan fingerprint density at radius 2 is 1.75 bits per heavy atom. The maximum absolute atomic E-state index is 4.26. The van der Waals surface area contributed by atoms with Crippen LogP contribution in [-0.4, -0.2) is 21.1 Å². The zero-order valence-electron chi connectivity index (χ0n) is 15.3. The van der Waals surface area contributed by atoms with Gasteiger partial charge in [-0.3, -0.25) is 0 Å². The predicted octanol–water partition coefficient (Wildman–Crippen LogP) is 4.98. The van der Waals surface area contributed by atoms with Crippen LogP contribution >= 0.6 is 0 Å². The van der Waals surface area contributed by atoms with Crippen LogP contribution in [0.15, 0.2) is 61.2 Å². The molecule has 0 aromatic heterocycles. The maximum Gasteiger partial charge on any atom is 0.0419 e. The molecule has 0 unspecified atom stereocenters. The SMILES string of the molecule is C=C(/C=C(\NC)c1ccccc1CCC)c1ccc(N(C)C)cc1. The fourth-order valence-electron chi connectivity index (χ4n) is 2.79. The van der Waals surface area contributed by atoms with Crippen molar-refractivity contribution in [2.45, 2.75) is 19.8 Å². The summed E-state index contributed by atoms with van der Waals surface area (Å²) < 4.78 is 0. The number of hydrogen-bond acceptors (Lipinski definition) is 2. The van der Waals surface area contributed by atoms with Gasteiger partial charge in [-0.25, -0.2) is 0 Å². The Labute approximate surface area is 146 Å². The molecule has 0 bridgehead atoms. The van der Waals surface area contributed by atoms with Gasteiger partial charge in [0.1, 0.15) is 0 Å². The number of nitrogens with one attached hydrogen (secondary N) is 1. The lowest BCUT2D eigenvalue weighted by Crippen LogP contribution is -2.08. The van der Waals surface area contributed by atoms with Gasteiger partial charge in [0.05, 0.1) is 0 Å². The largest absolute Gasteiger partial charge is 0.388 e. The molecule has 0 radical (unpaired) electrons. The Hall–Kier alpha value is -2.48. The maximum atomic E-state index is 4.26. The van der Waals surface area contributed by atoms with Crippen molar-refractivity contribution in [3.05, 3.63) is 77.9 Å². The zero-order valence-corrected chi connectivity index (χ0v) is 15.3. The molecule has 0 fully saturated rings. The van der Waals surface area contributed by atoms with Gasteiger partial charge in [0.25, 0.3) is 0 Å². The first-order valence-electron chi connectivity index (χ1n) is 8.51. The molecular formula is C22H28N2. The number of allylic oxidation sites excluding steroid dienone is 2. The molecule has 0 aliphatic heterocycles. The molecule has 2 nitrogen and oxygen atoms in total. The molecule has 0 spiro atoms. The predicted molar refractivity (Wildman–Crippen MR) is 107 cm³/mol. The van der Waals surface area contributed by atoms with Crippen LogP contribution in [0.1, 0.15) is 30.0 Å². The molecule has 24 heavy (non-hydrogen) atoms. The van der Waals surface area contributed by atoms with Gasteiger partial charge in [-0.2, -0.15) is 0 Å². The van der Waals surface area contributed by atoms with E-state index in [9.17, 15) is 0 Å². The van der Waals surface area contributed by atoms with Crippen LogP contribution in [-0.2, 0) is 6.42 Å². The summed E-state index contributed by atoms with van der Waals surface area (Å²) in [5, 5.41) is 3.34. The second-order valence-corrected chi connectivity index (χ2v) is 6.18. The Bertz CT molecular complexity index is 709. The third-order valence-electron chi connectivity index (χ3n) is 4.17. The van der Waals surface area contributed by atoms with Gasteiger partial charge >= 0.3 is 0 Å². The number of nitrogens with zero attached hydrogens (tertiary/aromatic N) is 1. The minimum atomic E-state index is 1.01. The first kappa shape index (κ1) is 17.9. The van der Waals surface area contributed by atoms with Crippen molar-refractivity contribution in [3.63, 3.8) is 0 Å². The van der Waals surface area contributed by atoms with Crippen LogP contribution < -0.4 is 10.2 Å². The number of hydrogen-bond donors (Lipinski definition) is 1. The first-order valence-corrected chi connectivity index (χ1v) is 8.51. The van der Waals surface area contributed by atoms with Crippen molar-refractivity contribution in [1.82, 2.24) is 5.32 Å². The summed E-state index contributed by atoms with van der Waals surface area (Å²) in [4.78, 5) is 2.10. The highest BCUT2D eigenvalue weighted by molar-refractivity contribution is 5.83. The van der Waals surface area contributed by atoms with E-state index >= 15 is 0 Å². The van der Waals surface area contributed by atoms with Gasteiger partial charge in [0.2, 0.25) is 0 Å². The van der Waals surface area contributed by atoms with Crippen LogP contribution in [0.3, 0.4) is 0 Å². The van der Waals surface area contributed by atoms with Gasteiger partial charge in [-0.15, -0.1) is 0 Å². The standard InChI is InChI=1S/C22H28N2/c1-6-9-19-10-7-8-11-21(19)22(23-3)16-17(2)18-12-14-20(15-13-18)24(4)5/h7-8,10-16,23H,2,6,9H2,1,3-5H3/b22-16-. The van der Waals surface area contributed by atoms with Gasteiger partial charge < -0.3 is 10.2 Å². The lowest BCUT2D eigenvalue weighted by molar-refractivity contribution is 0.915. The molecule has 2 aromatic rings. The highest BCUT2D eigenvalue weighted by Gasteiger charge is 2.07. The van der Waals surface area contributed by atoms with E-state index in [2.05, 4.69) is 78.3 Å². The topological polar surface area (TPSA) is 15.3 Å². The molecule has 0 saturated heterocycles. The van der Waals surface area contributed by atoms with Crippen LogP contribution in [0.5, 0.6) is 0 Å². The third kappa shape index (κ3) is 4.29. The Kier molecular flexibility index (Phi) is 6.25. The van der Waals surface area contributed by atoms with E-state index in [0.29, 0.717) is 0 Å². The molecule has 2 rings (SSSR count). The smallest absolute Gasteiger partial charge is 0.0419 e. The molecule has 2 aromatic carbocycles. The van der Waals surface area contributed by atoms with Gasteiger partial charge in [0.15, 0.2) is 0 Å². The molecule has 0 amide bonds. The third-order valence-corrected chi connectivity index (χ3v) is 4.17. The van der Waals surface area contributed by atoms with Crippen molar-refractivity contribution in [1.29, 1.82) is 0 Å².